The van der Waals surface area contributed by atoms with Gasteiger partial charge in [0.15, 0.2) is 0 Å². The van der Waals surface area contributed by atoms with E-state index in [0.29, 0.717) is 25.2 Å². The second-order valence-corrected chi connectivity index (χ2v) is 5.50. The van der Waals surface area contributed by atoms with Gasteiger partial charge in [0, 0.05) is 5.56 Å². The smallest absolute Gasteiger partial charge is 0.331 e. The first kappa shape index (κ1) is 15.5. The zero-order chi connectivity index (χ0) is 15.5. The number of amides is 1. The van der Waals surface area contributed by atoms with Gasteiger partial charge in [-0.25, -0.2) is 4.79 Å². The van der Waals surface area contributed by atoms with Crippen molar-refractivity contribution >= 4 is 11.9 Å². The van der Waals surface area contributed by atoms with Gasteiger partial charge in [-0.3, -0.25) is 4.79 Å². The summed E-state index contributed by atoms with van der Waals surface area (Å²) in [5.41, 5.74) is 1.66. The summed E-state index contributed by atoms with van der Waals surface area (Å²) < 4.78 is 10.1. The molecule has 0 bridgehead atoms. The number of hydrogen-bond donors (Lipinski definition) is 1. The standard InChI is InChI=1S/C16H21NO4/c1-4-7-16(2,15(19)20-3)17-14(18)11-5-6-12-9-21-10-13(12)8-11/h5-6,8H,4,7,9-10H2,1-3H3,(H,17,18). The molecule has 0 saturated heterocycles. The number of ether oxygens (including phenoxy) is 2. The summed E-state index contributed by atoms with van der Waals surface area (Å²) in [5.74, 6) is -0.701. The highest BCUT2D eigenvalue weighted by Gasteiger charge is 2.35. The SMILES string of the molecule is CCCC(C)(NC(=O)c1ccc2c(c1)COC2)C(=O)OC. The molecule has 1 unspecified atom stereocenters. The molecule has 0 aromatic heterocycles. The summed E-state index contributed by atoms with van der Waals surface area (Å²) in [7, 11) is 1.33. The third-order valence-corrected chi connectivity index (χ3v) is 3.76. The molecule has 0 fully saturated rings. The van der Waals surface area contributed by atoms with E-state index in [2.05, 4.69) is 5.32 Å². The van der Waals surface area contributed by atoms with Crippen molar-refractivity contribution in [3.63, 3.8) is 0 Å². The zero-order valence-electron chi connectivity index (χ0n) is 12.7. The van der Waals surface area contributed by atoms with Gasteiger partial charge < -0.3 is 14.8 Å². The molecule has 1 aliphatic rings. The third kappa shape index (κ3) is 3.24. The number of esters is 1. The molecule has 21 heavy (non-hydrogen) atoms. The van der Waals surface area contributed by atoms with Gasteiger partial charge in [-0.2, -0.15) is 0 Å². The van der Waals surface area contributed by atoms with E-state index in [9.17, 15) is 9.59 Å². The van der Waals surface area contributed by atoms with Crippen molar-refractivity contribution in [1.82, 2.24) is 5.32 Å². The van der Waals surface area contributed by atoms with E-state index in [4.69, 9.17) is 9.47 Å². The van der Waals surface area contributed by atoms with Crippen LogP contribution in [-0.4, -0.2) is 24.5 Å². The molecule has 5 heteroatoms. The minimum Gasteiger partial charge on any atom is -0.467 e. The van der Waals surface area contributed by atoms with Crippen molar-refractivity contribution in [2.75, 3.05) is 7.11 Å². The molecule has 5 nitrogen and oxygen atoms in total. The second kappa shape index (κ2) is 6.26. The Bertz CT molecular complexity index is 555. The van der Waals surface area contributed by atoms with Gasteiger partial charge in [0.25, 0.3) is 5.91 Å². The molecular formula is C16H21NO4. The molecule has 0 spiro atoms. The molecule has 114 valence electrons. The Morgan fingerprint density at radius 1 is 1.33 bits per heavy atom. The van der Waals surface area contributed by atoms with Crippen molar-refractivity contribution in [3.8, 4) is 0 Å². The Morgan fingerprint density at radius 2 is 2.05 bits per heavy atom. The van der Waals surface area contributed by atoms with Crippen molar-refractivity contribution in [2.45, 2.75) is 45.4 Å². The number of methoxy groups -OCH3 is 1. The molecule has 1 N–H and O–H groups in total. The van der Waals surface area contributed by atoms with Gasteiger partial charge in [-0.05, 0) is 36.6 Å². The van der Waals surface area contributed by atoms with Crippen molar-refractivity contribution in [1.29, 1.82) is 0 Å². The fraction of sp³-hybridized carbons (Fsp3) is 0.500. The molecule has 1 aromatic rings. The van der Waals surface area contributed by atoms with Gasteiger partial charge in [-0.15, -0.1) is 0 Å². The maximum atomic E-state index is 12.4. The number of rotatable bonds is 5. The van der Waals surface area contributed by atoms with Crippen LogP contribution in [0.4, 0.5) is 0 Å². The monoisotopic (exact) mass is 291 g/mol. The third-order valence-electron chi connectivity index (χ3n) is 3.76. The van der Waals surface area contributed by atoms with Gasteiger partial charge >= 0.3 is 5.97 Å². The lowest BCUT2D eigenvalue weighted by Gasteiger charge is -2.27. The van der Waals surface area contributed by atoms with Crippen LogP contribution in [0.25, 0.3) is 0 Å². The van der Waals surface area contributed by atoms with Crippen molar-refractivity contribution < 1.29 is 19.1 Å². The minimum atomic E-state index is -1.00. The number of carbonyl (C=O) groups excluding carboxylic acids is 2. The number of fused-ring (bicyclic) bond motifs is 1. The molecule has 0 saturated carbocycles. The van der Waals surface area contributed by atoms with E-state index in [-0.39, 0.29) is 5.91 Å². The van der Waals surface area contributed by atoms with Gasteiger partial charge in [-0.1, -0.05) is 19.4 Å². The molecule has 1 aliphatic heterocycles. The van der Waals surface area contributed by atoms with Gasteiger partial charge in [0.1, 0.15) is 5.54 Å². The highest BCUT2D eigenvalue weighted by atomic mass is 16.5. The van der Waals surface area contributed by atoms with E-state index in [1.807, 2.05) is 19.1 Å². The van der Waals surface area contributed by atoms with Crippen LogP contribution in [0.3, 0.4) is 0 Å². The van der Waals surface area contributed by atoms with Crippen LogP contribution in [0.2, 0.25) is 0 Å². The lowest BCUT2D eigenvalue weighted by atomic mass is 9.95. The Labute approximate surface area is 124 Å². The zero-order valence-corrected chi connectivity index (χ0v) is 12.7. The molecule has 1 heterocycles. The Kier molecular flexibility index (Phi) is 4.63. The fourth-order valence-electron chi connectivity index (χ4n) is 2.58. The highest BCUT2D eigenvalue weighted by Crippen LogP contribution is 2.22. The van der Waals surface area contributed by atoms with E-state index in [0.717, 1.165) is 17.5 Å². The lowest BCUT2D eigenvalue weighted by Crippen LogP contribution is -2.52. The number of benzene rings is 1. The van der Waals surface area contributed by atoms with Crippen molar-refractivity contribution in [3.05, 3.63) is 34.9 Å². The van der Waals surface area contributed by atoms with E-state index < -0.39 is 11.5 Å². The van der Waals surface area contributed by atoms with Crippen LogP contribution in [0.1, 0.15) is 48.2 Å². The first-order valence-corrected chi connectivity index (χ1v) is 7.10. The quantitative estimate of drug-likeness (QED) is 0.845. The van der Waals surface area contributed by atoms with Gasteiger partial charge in [0.05, 0.1) is 20.3 Å². The summed E-state index contributed by atoms with van der Waals surface area (Å²) >= 11 is 0. The maximum absolute atomic E-state index is 12.4. The fourth-order valence-corrected chi connectivity index (χ4v) is 2.58. The summed E-state index contributed by atoms with van der Waals surface area (Å²) in [5, 5.41) is 2.80. The van der Waals surface area contributed by atoms with Crippen LogP contribution in [0.5, 0.6) is 0 Å². The van der Waals surface area contributed by atoms with Crippen LogP contribution < -0.4 is 5.32 Å². The summed E-state index contributed by atoms with van der Waals surface area (Å²) in [4.78, 5) is 24.3. The van der Waals surface area contributed by atoms with Crippen molar-refractivity contribution in [2.24, 2.45) is 0 Å². The number of nitrogens with one attached hydrogen (secondary N) is 1. The highest BCUT2D eigenvalue weighted by molar-refractivity contribution is 5.98. The minimum absolute atomic E-state index is 0.272. The lowest BCUT2D eigenvalue weighted by molar-refractivity contribution is -0.147. The molecule has 1 amide bonds. The Hall–Kier alpha value is -1.88. The predicted molar refractivity (Wildman–Crippen MR) is 77.7 cm³/mol. The number of carbonyl (C=O) groups is 2. The normalized spacial score (nSPS) is 16.0. The molecule has 1 aromatic carbocycles. The average Bonchev–Trinajstić information content (AvgIpc) is 2.93. The summed E-state index contributed by atoms with van der Waals surface area (Å²) in [6.07, 6.45) is 1.30. The first-order chi connectivity index (χ1) is 10.00. The number of hydrogen-bond acceptors (Lipinski definition) is 4. The maximum Gasteiger partial charge on any atom is 0.331 e. The summed E-state index contributed by atoms with van der Waals surface area (Å²) in [6.45, 7) is 4.77. The topological polar surface area (TPSA) is 64.6 Å². The second-order valence-electron chi connectivity index (χ2n) is 5.50. The van der Waals surface area contributed by atoms with Crippen LogP contribution in [0.15, 0.2) is 18.2 Å². The molecule has 1 atom stereocenters. The summed E-state index contributed by atoms with van der Waals surface area (Å²) in [6, 6.07) is 5.47. The molecular weight excluding hydrogens is 270 g/mol. The van der Waals surface area contributed by atoms with E-state index >= 15 is 0 Å². The Morgan fingerprint density at radius 3 is 2.71 bits per heavy atom. The van der Waals surface area contributed by atoms with Crippen LogP contribution in [-0.2, 0) is 27.5 Å². The molecule has 0 aliphatic carbocycles. The predicted octanol–water partition coefficient (Wildman–Crippen LogP) is 2.18. The largest absolute Gasteiger partial charge is 0.467 e. The first-order valence-electron chi connectivity index (χ1n) is 7.10. The average molecular weight is 291 g/mol. The molecule has 2 rings (SSSR count). The van der Waals surface area contributed by atoms with E-state index in [1.165, 1.54) is 7.11 Å². The van der Waals surface area contributed by atoms with Crippen LogP contribution in [0, 0.1) is 0 Å². The Balaban J connectivity index is 2.17. The van der Waals surface area contributed by atoms with Gasteiger partial charge in [0.2, 0.25) is 0 Å². The molecule has 0 radical (unpaired) electrons. The van der Waals surface area contributed by atoms with Crippen LogP contribution >= 0.6 is 0 Å². The van der Waals surface area contributed by atoms with E-state index in [1.54, 1.807) is 13.0 Å².